The molecule has 1 fully saturated rings. The number of hydrogen-bond donors (Lipinski definition) is 0. The largest absolute Gasteiger partial charge is 0.373 e. The molecule has 2 unspecified atom stereocenters. The number of nitrogens with zero attached hydrogens (tertiary/aromatic N) is 1. The molecule has 0 radical (unpaired) electrons. The Balaban J connectivity index is 2.21. The fourth-order valence-corrected chi connectivity index (χ4v) is 1.40. The average Bonchev–Trinajstić information content (AvgIpc) is 2.07. The second-order valence-corrected chi connectivity index (χ2v) is 4.09. The molecule has 1 aliphatic rings. The molecular formula is C10H21NO2. The molecule has 0 saturated carbocycles. The summed E-state index contributed by atoms with van der Waals surface area (Å²) in [6, 6.07) is 0. The highest BCUT2D eigenvalue weighted by Gasteiger charge is 2.25. The lowest BCUT2D eigenvalue weighted by Gasteiger charge is -2.33. The third-order valence-electron chi connectivity index (χ3n) is 2.51. The Labute approximate surface area is 81.0 Å². The lowest BCUT2D eigenvalue weighted by Crippen LogP contribution is -2.41. The summed E-state index contributed by atoms with van der Waals surface area (Å²) >= 11 is 0. The van der Waals surface area contributed by atoms with Crippen LogP contribution in [-0.4, -0.2) is 50.5 Å². The van der Waals surface area contributed by atoms with E-state index in [0.717, 1.165) is 19.6 Å². The van der Waals surface area contributed by atoms with Gasteiger partial charge in [-0.25, -0.2) is 0 Å². The van der Waals surface area contributed by atoms with Crippen molar-refractivity contribution >= 4 is 0 Å². The van der Waals surface area contributed by atoms with Gasteiger partial charge in [-0.3, -0.25) is 0 Å². The van der Waals surface area contributed by atoms with E-state index in [0.29, 0.717) is 0 Å². The van der Waals surface area contributed by atoms with Gasteiger partial charge in [-0.05, 0) is 34.4 Å². The van der Waals surface area contributed by atoms with Crippen molar-refractivity contribution in [2.75, 3.05) is 27.2 Å². The van der Waals surface area contributed by atoms with Gasteiger partial charge >= 0.3 is 0 Å². The van der Waals surface area contributed by atoms with Crippen molar-refractivity contribution in [1.29, 1.82) is 0 Å². The quantitative estimate of drug-likeness (QED) is 0.661. The summed E-state index contributed by atoms with van der Waals surface area (Å²) in [4.78, 5) is 2.17. The van der Waals surface area contributed by atoms with E-state index in [2.05, 4.69) is 32.8 Å². The van der Waals surface area contributed by atoms with Gasteiger partial charge < -0.3 is 14.4 Å². The van der Waals surface area contributed by atoms with E-state index in [1.54, 1.807) is 0 Å². The van der Waals surface area contributed by atoms with Gasteiger partial charge in [0.15, 0.2) is 0 Å². The van der Waals surface area contributed by atoms with Crippen molar-refractivity contribution in [2.45, 2.75) is 38.6 Å². The number of rotatable bonds is 3. The van der Waals surface area contributed by atoms with Gasteiger partial charge in [-0.1, -0.05) is 0 Å². The standard InChI is InChI=1S/C10H21NO2/c1-8-9(2)13-10(7-12-8)5-6-11(3)4/h8-10H,5-7H2,1-4H3/t8-,9?,10?/m1/s1. The van der Waals surface area contributed by atoms with Gasteiger partial charge in [-0.2, -0.15) is 0 Å². The molecule has 13 heavy (non-hydrogen) atoms. The molecule has 0 bridgehead atoms. The summed E-state index contributed by atoms with van der Waals surface area (Å²) < 4.78 is 11.4. The molecule has 1 heterocycles. The maximum absolute atomic E-state index is 5.80. The lowest BCUT2D eigenvalue weighted by molar-refractivity contribution is -0.169. The Hall–Kier alpha value is -0.120. The van der Waals surface area contributed by atoms with E-state index in [1.165, 1.54) is 0 Å². The second kappa shape index (κ2) is 4.94. The average molecular weight is 187 g/mol. The van der Waals surface area contributed by atoms with Crippen molar-refractivity contribution in [1.82, 2.24) is 4.90 Å². The highest BCUT2D eigenvalue weighted by molar-refractivity contribution is 4.71. The van der Waals surface area contributed by atoms with Crippen LogP contribution >= 0.6 is 0 Å². The smallest absolute Gasteiger partial charge is 0.0825 e. The highest BCUT2D eigenvalue weighted by atomic mass is 16.6. The minimum Gasteiger partial charge on any atom is -0.373 e. The Morgan fingerprint density at radius 2 is 1.92 bits per heavy atom. The molecule has 3 nitrogen and oxygen atoms in total. The molecule has 1 rings (SSSR count). The van der Waals surface area contributed by atoms with E-state index in [9.17, 15) is 0 Å². The van der Waals surface area contributed by atoms with Gasteiger partial charge in [0.05, 0.1) is 24.9 Å². The molecule has 3 heteroatoms. The molecule has 0 amide bonds. The fourth-order valence-electron chi connectivity index (χ4n) is 1.40. The Kier molecular flexibility index (Phi) is 4.16. The zero-order valence-electron chi connectivity index (χ0n) is 9.12. The minimum atomic E-state index is 0.237. The second-order valence-electron chi connectivity index (χ2n) is 4.09. The van der Waals surface area contributed by atoms with Crippen molar-refractivity contribution < 1.29 is 9.47 Å². The third-order valence-corrected chi connectivity index (χ3v) is 2.51. The first-order valence-electron chi connectivity index (χ1n) is 5.01. The maximum atomic E-state index is 5.80. The lowest BCUT2D eigenvalue weighted by atomic mass is 10.2. The van der Waals surface area contributed by atoms with Gasteiger partial charge in [-0.15, -0.1) is 0 Å². The molecule has 0 N–H and O–H groups in total. The monoisotopic (exact) mass is 187 g/mol. The summed E-state index contributed by atoms with van der Waals surface area (Å²) in [5.74, 6) is 0. The molecule has 0 aliphatic carbocycles. The van der Waals surface area contributed by atoms with Gasteiger partial charge in [0, 0.05) is 6.54 Å². The van der Waals surface area contributed by atoms with Crippen LogP contribution in [0.2, 0.25) is 0 Å². The van der Waals surface area contributed by atoms with E-state index < -0.39 is 0 Å². The van der Waals surface area contributed by atoms with Crippen LogP contribution in [0.3, 0.4) is 0 Å². The fraction of sp³-hybridized carbons (Fsp3) is 1.00. The molecule has 0 aromatic heterocycles. The van der Waals surface area contributed by atoms with Gasteiger partial charge in [0.1, 0.15) is 0 Å². The molecule has 0 aromatic rings. The molecular weight excluding hydrogens is 166 g/mol. The summed E-state index contributed by atoms with van der Waals surface area (Å²) in [6.45, 7) is 5.95. The zero-order chi connectivity index (χ0) is 9.84. The number of ether oxygens (including phenoxy) is 2. The summed E-state index contributed by atoms with van der Waals surface area (Å²) in [5, 5.41) is 0. The third kappa shape index (κ3) is 3.63. The van der Waals surface area contributed by atoms with E-state index >= 15 is 0 Å². The Bertz CT molecular complexity index is 150. The molecule has 1 aliphatic heterocycles. The molecule has 3 atom stereocenters. The van der Waals surface area contributed by atoms with Crippen LogP contribution in [0.5, 0.6) is 0 Å². The van der Waals surface area contributed by atoms with Crippen molar-refractivity contribution in [3.8, 4) is 0 Å². The first kappa shape index (κ1) is 11.0. The predicted molar refractivity (Wildman–Crippen MR) is 52.9 cm³/mol. The zero-order valence-corrected chi connectivity index (χ0v) is 9.12. The van der Waals surface area contributed by atoms with Crippen LogP contribution < -0.4 is 0 Å². The van der Waals surface area contributed by atoms with Crippen LogP contribution in [-0.2, 0) is 9.47 Å². The van der Waals surface area contributed by atoms with Crippen LogP contribution in [0, 0.1) is 0 Å². The van der Waals surface area contributed by atoms with Crippen LogP contribution in [0.1, 0.15) is 20.3 Å². The molecule has 0 aromatic carbocycles. The Morgan fingerprint density at radius 3 is 2.46 bits per heavy atom. The number of hydrogen-bond acceptors (Lipinski definition) is 3. The summed E-state index contributed by atoms with van der Waals surface area (Å²) in [5.41, 5.74) is 0. The molecule has 0 spiro atoms. The predicted octanol–water partition coefficient (Wildman–Crippen LogP) is 1.13. The first-order chi connectivity index (χ1) is 6.09. The van der Waals surface area contributed by atoms with Crippen molar-refractivity contribution in [2.24, 2.45) is 0 Å². The molecule has 1 saturated heterocycles. The Morgan fingerprint density at radius 1 is 1.23 bits per heavy atom. The summed E-state index contributed by atoms with van der Waals surface area (Å²) in [7, 11) is 4.16. The van der Waals surface area contributed by atoms with Crippen LogP contribution in [0.4, 0.5) is 0 Å². The van der Waals surface area contributed by atoms with E-state index in [4.69, 9.17) is 9.47 Å². The van der Waals surface area contributed by atoms with Crippen molar-refractivity contribution in [3.63, 3.8) is 0 Å². The van der Waals surface area contributed by atoms with Crippen LogP contribution in [0.15, 0.2) is 0 Å². The van der Waals surface area contributed by atoms with Gasteiger partial charge in [0.2, 0.25) is 0 Å². The van der Waals surface area contributed by atoms with Gasteiger partial charge in [0.25, 0.3) is 0 Å². The minimum absolute atomic E-state index is 0.237. The topological polar surface area (TPSA) is 21.7 Å². The normalized spacial score (nSPS) is 35.3. The maximum Gasteiger partial charge on any atom is 0.0825 e. The molecule has 78 valence electrons. The van der Waals surface area contributed by atoms with E-state index in [-0.39, 0.29) is 18.3 Å². The van der Waals surface area contributed by atoms with Crippen LogP contribution in [0.25, 0.3) is 0 Å². The highest BCUT2D eigenvalue weighted by Crippen LogP contribution is 2.16. The SMILES string of the molecule is CC1OC(CCN(C)C)CO[C@@H]1C. The first-order valence-corrected chi connectivity index (χ1v) is 5.01. The summed E-state index contributed by atoms with van der Waals surface area (Å²) in [6.07, 6.45) is 1.83. The van der Waals surface area contributed by atoms with E-state index in [1.807, 2.05) is 0 Å². The van der Waals surface area contributed by atoms with Crippen molar-refractivity contribution in [3.05, 3.63) is 0 Å².